The molecule has 198 valence electrons. The van der Waals surface area contributed by atoms with Gasteiger partial charge in [-0.05, 0) is 58.7 Å². The quantitative estimate of drug-likeness (QED) is 0.165. The van der Waals surface area contributed by atoms with Crippen molar-refractivity contribution in [2.45, 2.75) is 72.6 Å². The van der Waals surface area contributed by atoms with Crippen LogP contribution in [0.15, 0.2) is 48.5 Å². The Labute approximate surface area is 224 Å². The van der Waals surface area contributed by atoms with Crippen LogP contribution < -0.4 is 5.32 Å². The van der Waals surface area contributed by atoms with Gasteiger partial charge in [-0.25, -0.2) is 0 Å². The molecule has 2 aromatic carbocycles. The minimum Gasteiger partial charge on any atom is -0.395 e. The van der Waals surface area contributed by atoms with E-state index in [2.05, 4.69) is 91.9 Å². The Morgan fingerprint density at radius 1 is 0.882 bits per heavy atom. The zero-order valence-electron chi connectivity index (χ0n) is 22.8. The molecule has 34 heavy (non-hydrogen) atoms. The molecule has 4 nitrogen and oxygen atoms in total. The normalized spacial score (nSPS) is 11.9. The van der Waals surface area contributed by atoms with Crippen LogP contribution in [0.2, 0.25) is 0 Å². The number of benzene rings is 2. The van der Waals surface area contributed by atoms with Crippen molar-refractivity contribution >= 4 is 23.7 Å². The molecule has 2 N–H and O–H groups in total. The van der Waals surface area contributed by atoms with Crippen molar-refractivity contribution in [1.29, 1.82) is 0 Å². The van der Waals surface area contributed by atoms with E-state index in [0.717, 1.165) is 11.3 Å². The topological polar surface area (TPSA) is 66.4 Å². The molecule has 0 saturated carbocycles. The van der Waals surface area contributed by atoms with E-state index in [9.17, 15) is 8.42 Å². The van der Waals surface area contributed by atoms with Crippen LogP contribution >= 0.6 is 7.92 Å². The standard InChI is InChI=1S/C13H12N.C13H29P.CH4O3S.Pd/c1-14-13-10-6-5-9-12(13)11-7-3-2-4-8-11;1-11(2,3)10-14(12(4,5)6)13(7,8)9;1-5(2,3)4;/h2-7,9-10,14H,1H3;10H2,1-9H3;1H3,(H,2,3,4);/q-1;;;/p+1. The molecule has 0 fully saturated rings. The van der Waals surface area contributed by atoms with Gasteiger partial charge in [0.2, 0.25) is 0 Å². The minimum absolute atomic E-state index is 0. The third-order valence-corrected chi connectivity index (χ3v) is 9.75. The number of hydrogen-bond acceptors (Lipinski definition) is 3. The number of hydrogen-bond donors (Lipinski definition) is 2. The maximum Gasteiger partial charge on any atom is 0.261 e. The van der Waals surface area contributed by atoms with E-state index < -0.39 is 10.1 Å². The summed E-state index contributed by atoms with van der Waals surface area (Å²) in [4.78, 5) is 0. The second-order valence-corrected chi connectivity index (χ2v) is 17.3. The summed E-state index contributed by atoms with van der Waals surface area (Å²) in [5.41, 5.74) is 3.93. The van der Waals surface area contributed by atoms with Crippen LogP contribution in [-0.4, -0.2) is 42.7 Å². The Hall–Kier alpha value is -0.758. The van der Waals surface area contributed by atoms with Gasteiger partial charge >= 0.3 is 0 Å². The molecule has 0 heterocycles. The summed E-state index contributed by atoms with van der Waals surface area (Å²) in [5.74, 6) is 0. The van der Waals surface area contributed by atoms with Crippen molar-refractivity contribution in [3.05, 3.63) is 54.6 Å². The summed E-state index contributed by atoms with van der Waals surface area (Å²) in [6, 6.07) is 19.4. The van der Waals surface area contributed by atoms with Gasteiger partial charge in [-0.1, -0.05) is 44.5 Å². The van der Waals surface area contributed by atoms with E-state index >= 15 is 0 Å². The van der Waals surface area contributed by atoms with Gasteiger partial charge in [0, 0.05) is 35.4 Å². The van der Waals surface area contributed by atoms with Gasteiger partial charge < -0.3 is 5.32 Å². The second-order valence-electron chi connectivity index (χ2n) is 11.5. The fourth-order valence-electron chi connectivity index (χ4n) is 3.68. The predicted molar refractivity (Wildman–Crippen MR) is 150 cm³/mol. The van der Waals surface area contributed by atoms with Crippen LogP contribution in [-0.2, 0) is 30.5 Å². The van der Waals surface area contributed by atoms with Crippen molar-refractivity contribution in [1.82, 2.24) is 0 Å². The average Bonchev–Trinajstić information content (AvgIpc) is 2.64. The van der Waals surface area contributed by atoms with Crippen molar-refractivity contribution in [3.8, 4) is 11.1 Å². The molecule has 0 atom stereocenters. The summed E-state index contributed by atoms with van der Waals surface area (Å²) >= 11 is 0. The first-order valence-electron chi connectivity index (χ1n) is 11.3. The number of para-hydroxylation sites is 1. The molecule has 0 amide bonds. The second kappa shape index (κ2) is 14.7. The van der Waals surface area contributed by atoms with Crippen LogP contribution in [0, 0.1) is 11.5 Å². The van der Waals surface area contributed by atoms with Crippen LogP contribution in [0.4, 0.5) is 5.69 Å². The smallest absolute Gasteiger partial charge is 0.261 e. The van der Waals surface area contributed by atoms with Crippen LogP contribution in [0.3, 0.4) is 0 Å². The van der Waals surface area contributed by atoms with Gasteiger partial charge in [0.25, 0.3) is 10.1 Å². The molecule has 0 saturated heterocycles. The minimum atomic E-state index is -3.67. The van der Waals surface area contributed by atoms with Crippen molar-refractivity contribution in [2.75, 3.05) is 24.8 Å². The Kier molecular flexibility index (Phi) is 15.3. The van der Waals surface area contributed by atoms with Crippen molar-refractivity contribution < 1.29 is 33.4 Å². The first kappa shape index (κ1) is 35.4. The Balaban J connectivity index is 0. The Morgan fingerprint density at radius 2 is 1.32 bits per heavy atom. The predicted octanol–water partition coefficient (Wildman–Crippen LogP) is 7.54. The molecule has 0 radical (unpaired) electrons. The zero-order valence-corrected chi connectivity index (χ0v) is 26.2. The monoisotopic (exact) mass is 601 g/mol. The maximum absolute atomic E-state index is 9.19. The third kappa shape index (κ3) is 16.8. The van der Waals surface area contributed by atoms with Gasteiger partial charge in [0.15, 0.2) is 0 Å². The number of anilines is 1. The fourth-order valence-corrected chi connectivity index (χ4v) is 8.05. The summed E-state index contributed by atoms with van der Waals surface area (Å²) in [5, 5.41) is 4.19. The third-order valence-electron chi connectivity index (χ3n) is 4.71. The van der Waals surface area contributed by atoms with Gasteiger partial charge in [-0.3, -0.25) is 4.55 Å². The molecule has 0 bridgehead atoms. The maximum atomic E-state index is 9.19. The Bertz CT molecular complexity index is 907. The fraction of sp³-hybridized carbons (Fsp3) is 0.556. The van der Waals surface area contributed by atoms with E-state index in [1.807, 2.05) is 37.4 Å². The zero-order chi connectivity index (χ0) is 26.1. The van der Waals surface area contributed by atoms with E-state index in [1.54, 1.807) is 0 Å². The molecule has 7 heteroatoms. The molecule has 2 rings (SSSR count). The average molecular weight is 602 g/mol. The summed E-state index contributed by atoms with van der Waals surface area (Å²) in [7, 11) is -2.07. The van der Waals surface area contributed by atoms with E-state index in [1.165, 1.54) is 11.7 Å². The summed E-state index contributed by atoms with van der Waals surface area (Å²) < 4.78 is 25.9. The van der Waals surface area contributed by atoms with Gasteiger partial charge in [-0.15, -0.1) is 35.9 Å². The van der Waals surface area contributed by atoms with Gasteiger partial charge in [0.05, 0.1) is 22.7 Å². The molecule has 0 aliphatic heterocycles. The summed E-state index contributed by atoms with van der Waals surface area (Å²) in [6.45, 7) is 21.6. The molecule has 0 spiro atoms. The first-order chi connectivity index (χ1) is 14.8. The molecular formula is C27H46NO3PPdS. The van der Waals surface area contributed by atoms with Crippen molar-refractivity contribution in [2.24, 2.45) is 5.41 Å². The van der Waals surface area contributed by atoms with Crippen molar-refractivity contribution in [3.63, 3.8) is 0 Å². The van der Waals surface area contributed by atoms with E-state index in [-0.39, 0.29) is 28.3 Å². The Morgan fingerprint density at radius 3 is 1.65 bits per heavy atom. The van der Waals surface area contributed by atoms with Crippen LogP contribution in [0.1, 0.15) is 62.3 Å². The SMILES string of the molecule is CC(C)(C)C[PH+](C(C)(C)C)C(C)(C)C.CNc1ccccc1-c1[c-]cccc1.CS(=O)(=O)O.[Pd]. The van der Waals surface area contributed by atoms with E-state index in [4.69, 9.17) is 4.55 Å². The molecule has 2 aromatic rings. The number of nitrogens with one attached hydrogen (secondary N) is 1. The largest absolute Gasteiger partial charge is 0.395 e. The van der Waals surface area contributed by atoms with Crippen LogP contribution in [0.5, 0.6) is 0 Å². The molecule has 0 aromatic heterocycles. The van der Waals surface area contributed by atoms with Gasteiger partial charge in [-0.2, -0.15) is 8.42 Å². The molecule has 0 aliphatic rings. The molecular weight excluding hydrogens is 556 g/mol. The van der Waals surface area contributed by atoms with Gasteiger partial charge in [0.1, 0.15) is 0 Å². The first-order valence-corrected chi connectivity index (χ1v) is 14.8. The van der Waals surface area contributed by atoms with Crippen LogP contribution in [0.25, 0.3) is 11.1 Å². The van der Waals surface area contributed by atoms with E-state index in [0.29, 0.717) is 22.0 Å². The molecule has 0 unspecified atom stereocenters. The molecule has 0 aliphatic carbocycles. The number of rotatable bonds is 3. The summed E-state index contributed by atoms with van der Waals surface area (Å²) in [6.07, 6.45) is 2.12.